The molecule has 1 amide bonds. The summed E-state index contributed by atoms with van der Waals surface area (Å²) in [5.41, 5.74) is 0.660. The van der Waals surface area contributed by atoms with Crippen LogP contribution in [0.4, 0.5) is 0 Å². The van der Waals surface area contributed by atoms with Crippen LogP contribution in [0, 0.1) is 11.8 Å². The second-order valence-corrected chi connectivity index (χ2v) is 5.31. The lowest BCUT2D eigenvalue weighted by Gasteiger charge is -2.23. The maximum atomic E-state index is 12.4. The quantitative estimate of drug-likeness (QED) is 0.880. The summed E-state index contributed by atoms with van der Waals surface area (Å²) in [6.45, 7) is 0.286. The zero-order chi connectivity index (χ0) is 14.7. The third-order valence-electron chi connectivity index (χ3n) is 3.93. The standard InChI is InChI=1S/C15H19NO4/c1-16(9-10-5-2-3-8-13(10)17)14(18)11-6-4-7-12(11)15(19)20/h2-3,5,8,11-12,17H,4,6-7,9H2,1H3,(H,19,20)/t11-,12+/m1/s1. The van der Waals surface area contributed by atoms with E-state index in [0.29, 0.717) is 18.4 Å². The average Bonchev–Trinajstić information content (AvgIpc) is 2.89. The number of rotatable bonds is 4. The van der Waals surface area contributed by atoms with Gasteiger partial charge in [-0.2, -0.15) is 0 Å². The number of phenols is 1. The van der Waals surface area contributed by atoms with Gasteiger partial charge in [-0.05, 0) is 18.9 Å². The summed E-state index contributed by atoms with van der Waals surface area (Å²) in [4.78, 5) is 25.0. The van der Waals surface area contributed by atoms with E-state index >= 15 is 0 Å². The molecule has 0 radical (unpaired) electrons. The first-order chi connectivity index (χ1) is 9.50. The van der Waals surface area contributed by atoms with Crippen molar-refractivity contribution in [3.8, 4) is 5.75 Å². The molecule has 0 saturated heterocycles. The van der Waals surface area contributed by atoms with Gasteiger partial charge >= 0.3 is 5.97 Å². The normalized spacial score (nSPS) is 21.6. The van der Waals surface area contributed by atoms with E-state index in [2.05, 4.69) is 0 Å². The van der Waals surface area contributed by atoms with Gasteiger partial charge in [0, 0.05) is 19.2 Å². The van der Waals surface area contributed by atoms with Gasteiger partial charge in [-0.1, -0.05) is 24.6 Å². The number of phenolic OH excluding ortho intramolecular Hbond substituents is 1. The van der Waals surface area contributed by atoms with E-state index in [0.717, 1.165) is 6.42 Å². The minimum absolute atomic E-state index is 0.147. The average molecular weight is 277 g/mol. The van der Waals surface area contributed by atoms with E-state index in [1.807, 2.05) is 0 Å². The van der Waals surface area contributed by atoms with Gasteiger partial charge in [-0.25, -0.2) is 0 Å². The van der Waals surface area contributed by atoms with Gasteiger partial charge in [0.1, 0.15) is 5.75 Å². The number of carboxylic acids is 1. The van der Waals surface area contributed by atoms with Crippen LogP contribution in [0.1, 0.15) is 24.8 Å². The van der Waals surface area contributed by atoms with E-state index < -0.39 is 17.8 Å². The molecule has 108 valence electrons. The number of benzene rings is 1. The highest BCUT2D eigenvalue weighted by atomic mass is 16.4. The van der Waals surface area contributed by atoms with Crippen molar-refractivity contribution in [2.24, 2.45) is 11.8 Å². The van der Waals surface area contributed by atoms with Gasteiger partial charge in [0.15, 0.2) is 0 Å². The minimum atomic E-state index is -0.892. The Labute approximate surface area is 117 Å². The molecule has 0 spiro atoms. The molecule has 5 heteroatoms. The van der Waals surface area contributed by atoms with Crippen molar-refractivity contribution in [3.63, 3.8) is 0 Å². The molecule has 1 saturated carbocycles. The summed E-state index contributed by atoms with van der Waals surface area (Å²) in [6.07, 6.45) is 1.97. The van der Waals surface area contributed by atoms with Crippen LogP contribution in [-0.4, -0.2) is 34.0 Å². The third kappa shape index (κ3) is 2.92. The Bertz CT molecular complexity index is 514. The Balaban J connectivity index is 2.05. The van der Waals surface area contributed by atoms with Crippen LogP contribution in [-0.2, 0) is 16.1 Å². The second kappa shape index (κ2) is 5.94. The smallest absolute Gasteiger partial charge is 0.307 e. The predicted octanol–water partition coefficient (Wildman–Crippen LogP) is 1.85. The summed E-state index contributed by atoms with van der Waals surface area (Å²) in [7, 11) is 1.64. The lowest BCUT2D eigenvalue weighted by atomic mass is 9.94. The van der Waals surface area contributed by atoms with Crippen molar-refractivity contribution in [1.82, 2.24) is 4.90 Å². The highest BCUT2D eigenvalue weighted by Crippen LogP contribution is 2.33. The van der Waals surface area contributed by atoms with Crippen LogP contribution in [0.3, 0.4) is 0 Å². The molecule has 0 aromatic heterocycles. The number of aliphatic carboxylic acids is 1. The van der Waals surface area contributed by atoms with Crippen LogP contribution in [0.2, 0.25) is 0 Å². The number of hydrogen-bond acceptors (Lipinski definition) is 3. The van der Waals surface area contributed by atoms with E-state index in [-0.39, 0.29) is 18.2 Å². The number of carbonyl (C=O) groups excluding carboxylic acids is 1. The first-order valence-electron chi connectivity index (χ1n) is 6.75. The van der Waals surface area contributed by atoms with Gasteiger partial charge in [0.2, 0.25) is 5.91 Å². The number of para-hydroxylation sites is 1. The summed E-state index contributed by atoms with van der Waals surface area (Å²) < 4.78 is 0. The number of carboxylic acid groups (broad SMARTS) is 1. The molecule has 1 aliphatic carbocycles. The van der Waals surface area contributed by atoms with E-state index in [1.165, 1.54) is 4.90 Å². The van der Waals surface area contributed by atoms with Gasteiger partial charge in [0.25, 0.3) is 0 Å². The van der Waals surface area contributed by atoms with Crippen LogP contribution in [0.15, 0.2) is 24.3 Å². The maximum Gasteiger partial charge on any atom is 0.307 e. The fourth-order valence-corrected chi connectivity index (χ4v) is 2.81. The van der Waals surface area contributed by atoms with E-state index in [9.17, 15) is 14.7 Å². The van der Waals surface area contributed by atoms with E-state index in [1.54, 1.807) is 31.3 Å². The Morgan fingerprint density at radius 3 is 2.55 bits per heavy atom. The van der Waals surface area contributed by atoms with Gasteiger partial charge in [0.05, 0.1) is 11.8 Å². The molecule has 1 fully saturated rings. The number of amides is 1. The summed E-state index contributed by atoms with van der Waals surface area (Å²) >= 11 is 0. The Morgan fingerprint density at radius 1 is 1.25 bits per heavy atom. The third-order valence-corrected chi connectivity index (χ3v) is 3.93. The van der Waals surface area contributed by atoms with Gasteiger partial charge in [-0.15, -0.1) is 0 Å². The van der Waals surface area contributed by atoms with Crippen molar-refractivity contribution in [2.75, 3.05) is 7.05 Å². The molecular weight excluding hydrogens is 258 g/mol. The van der Waals surface area contributed by atoms with Crippen molar-refractivity contribution in [3.05, 3.63) is 29.8 Å². The molecule has 2 atom stereocenters. The molecule has 0 aliphatic heterocycles. The number of carbonyl (C=O) groups is 2. The lowest BCUT2D eigenvalue weighted by Crippen LogP contribution is -2.36. The van der Waals surface area contributed by atoms with Crippen molar-refractivity contribution in [1.29, 1.82) is 0 Å². The van der Waals surface area contributed by atoms with E-state index in [4.69, 9.17) is 5.11 Å². The van der Waals surface area contributed by atoms with Crippen LogP contribution in [0.25, 0.3) is 0 Å². The van der Waals surface area contributed by atoms with Crippen LogP contribution < -0.4 is 0 Å². The SMILES string of the molecule is CN(Cc1ccccc1O)C(=O)[C@@H]1CCC[C@@H]1C(=O)O. The zero-order valence-corrected chi connectivity index (χ0v) is 11.5. The monoisotopic (exact) mass is 277 g/mol. The second-order valence-electron chi connectivity index (χ2n) is 5.31. The zero-order valence-electron chi connectivity index (χ0n) is 11.5. The predicted molar refractivity (Wildman–Crippen MR) is 73.0 cm³/mol. The fraction of sp³-hybridized carbons (Fsp3) is 0.467. The largest absolute Gasteiger partial charge is 0.508 e. The molecule has 0 heterocycles. The summed E-state index contributed by atoms with van der Waals surface area (Å²) in [5.74, 6) is -1.92. The molecule has 0 bridgehead atoms. The molecule has 2 N–H and O–H groups in total. The minimum Gasteiger partial charge on any atom is -0.508 e. The molecule has 1 aromatic rings. The number of aromatic hydroxyl groups is 1. The number of nitrogens with zero attached hydrogens (tertiary/aromatic N) is 1. The summed E-state index contributed by atoms with van der Waals surface area (Å²) in [5, 5.41) is 18.9. The Kier molecular flexibility index (Phi) is 4.27. The Hall–Kier alpha value is -2.04. The lowest BCUT2D eigenvalue weighted by molar-refractivity contribution is -0.148. The molecule has 5 nitrogen and oxygen atoms in total. The van der Waals surface area contributed by atoms with Gasteiger partial charge < -0.3 is 15.1 Å². The van der Waals surface area contributed by atoms with Crippen molar-refractivity contribution in [2.45, 2.75) is 25.8 Å². The molecule has 0 unspecified atom stereocenters. The molecule has 20 heavy (non-hydrogen) atoms. The van der Waals surface area contributed by atoms with Crippen molar-refractivity contribution < 1.29 is 19.8 Å². The molecule has 1 aliphatic rings. The molecular formula is C15H19NO4. The van der Waals surface area contributed by atoms with Gasteiger partial charge in [-0.3, -0.25) is 9.59 Å². The first-order valence-corrected chi connectivity index (χ1v) is 6.75. The van der Waals surface area contributed by atoms with Crippen LogP contribution in [0.5, 0.6) is 5.75 Å². The molecule has 2 rings (SSSR count). The topological polar surface area (TPSA) is 77.8 Å². The summed E-state index contributed by atoms with van der Waals surface area (Å²) in [6, 6.07) is 6.84. The molecule has 1 aromatic carbocycles. The highest BCUT2D eigenvalue weighted by molar-refractivity contribution is 5.85. The van der Waals surface area contributed by atoms with Crippen LogP contribution >= 0.6 is 0 Å². The first kappa shape index (κ1) is 14.4. The maximum absolute atomic E-state index is 12.4. The van der Waals surface area contributed by atoms with Crippen molar-refractivity contribution >= 4 is 11.9 Å². The fourth-order valence-electron chi connectivity index (χ4n) is 2.81. The Morgan fingerprint density at radius 2 is 1.90 bits per heavy atom. The number of hydrogen-bond donors (Lipinski definition) is 2. The highest BCUT2D eigenvalue weighted by Gasteiger charge is 2.39.